The summed E-state index contributed by atoms with van der Waals surface area (Å²) in [6.07, 6.45) is 0.727. The van der Waals surface area contributed by atoms with Crippen LogP contribution in [0, 0.1) is 5.82 Å². The van der Waals surface area contributed by atoms with E-state index in [0.717, 1.165) is 52.7 Å². The van der Waals surface area contributed by atoms with Gasteiger partial charge in [0.15, 0.2) is 11.6 Å². The molecule has 77 heavy (non-hydrogen) atoms. The summed E-state index contributed by atoms with van der Waals surface area (Å²) in [5.41, 5.74) is 2.48. The molecule has 0 saturated carbocycles. The molecule has 400 valence electrons. The van der Waals surface area contributed by atoms with E-state index in [0.29, 0.717) is 42.0 Å². The van der Waals surface area contributed by atoms with E-state index < -0.39 is 28.9 Å². The van der Waals surface area contributed by atoms with Crippen LogP contribution >= 0.6 is 31.9 Å². The molecular formula is C62H64Br2FN5O7. The van der Waals surface area contributed by atoms with Crippen molar-refractivity contribution in [3.05, 3.63) is 200 Å². The first-order chi connectivity index (χ1) is 37.0. The second-order valence-corrected chi connectivity index (χ2v) is 21.2. The van der Waals surface area contributed by atoms with Gasteiger partial charge < -0.3 is 43.7 Å². The Hall–Kier alpha value is -6.72. The molecule has 2 N–H and O–H groups in total. The van der Waals surface area contributed by atoms with Crippen LogP contribution in [0.5, 0.6) is 29.3 Å². The standard InChI is InChI=1S/C32H31BrN2O2.C30H33BrFN3O5/c1-35(2)19-18-32(36,28-15-9-13-22-10-7-8-14-26(22)28)30(23-11-5-4-6-12-23)27-21-24-20-25(33)16-17-29(24)34-31(27)37-3;1-35(2)13-12-30(36,19-16-25(38-4)34-26(17-19)39-5)27(21-8-7-9-24(37-3)28(21)32)22-15-18-14-20(31)10-11-23(18)33-29(22)40-6/h4-17,20-21,30,36H,18-19H2,1-3H3;7-11,14-17,27,36H,12-13H2,1-6H3/t30-,32-;27-,30-/m11/s1. The third-order valence-electron chi connectivity index (χ3n) is 14.0. The minimum Gasteiger partial charge on any atom is -0.494 e. The molecule has 0 aliphatic heterocycles. The van der Waals surface area contributed by atoms with Gasteiger partial charge >= 0.3 is 0 Å². The fourth-order valence-electron chi connectivity index (χ4n) is 10.2. The highest BCUT2D eigenvalue weighted by atomic mass is 79.9. The van der Waals surface area contributed by atoms with E-state index in [1.165, 1.54) is 28.4 Å². The molecule has 0 radical (unpaired) electrons. The van der Waals surface area contributed by atoms with Gasteiger partial charge in [0.2, 0.25) is 23.5 Å². The Morgan fingerprint density at radius 3 is 1.57 bits per heavy atom. The topological polar surface area (TPSA) is 132 Å². The molecule has 0 spiro atoms. The number of aromatic nitrogens is 3. The van der Waals surface area contributed by atoms with Gasteiger partial charge in [0.05, 0.1) is 52.5 Å². The van der Waals surface area contributed by atoms with Crippen LogP contribution in [-0.4, -0.2) is 112 Å². The number of hydrogen-bond acceptors (Lipinski definition) is 12. The van der Waals surface area contributed by atoms with Crippen molar-refractivity contribution in [2.75, 3.05) is 76.8 Å². The van der Waals surface area contributed by atoms with Crippen molar-refractivity contribution in [3.8, 4) is 29.3 Å². The average molecular weight is 1170 g/mol. The second kappa shape index (κ2) is 24.7. The number of halogens is 3. The van der Waals surface area contributed by atoms with Crippen LogP contribution in [0.4, 0.5) is 4.39 Å². The number of fused-ring (bicyclic) bond motifs is 3. The third-order valence-corrected chi connectivity index (χ3v) is 15.0. The number of pyridine rings is 3. The molecule has 0 saturated heterocycles. The zero-order valence-corrected chi connectivity index (χ0v) is 47.9. The van der Waals surface area contributed by atoms with E-state index in [9.17, 15) is 10.2 Å². The van der Waals surface area contributed by atoms with Gasteiger partial charge in [-0.3, -0.25) is 0 Å². The molecule has 9 rings (SSSR count). The Bertz CT molecular complexity index is 3470. The molecule has 0 fully saturated rings. The van der Waals surface area contributed by atoms with Crippen molar-refractivity contribution in [3.63, 3.8) is 0 Å². The maximum absolute atomic E-state index is 16.2. The molecule has 12 nitrogen and oxygen atoms in total. The van der Waals surface area contributed by atoms with E-state index in [1.807, 2.05) is 106 Å². The smallest absolute Gasteiger partial charge is 0.217 e. The number of ether oxygens (including phenoxy) is 5. The van der Waals surface area contributed by atoms with Gasteiger partial charge in [-0.15, -0.1) is 0 Å². The maximum atomic E-state index is 16.2. The minimum absolute atomic E-state index is 0.0535. The molecule has 0 unspecified atom stereocenters. The summed E-state index contributed by atoms with van der Waals surface area (Å²) in [6.45, 7) is 1.18. The van der Waals surface area contributed by atoms with Crippen molar-refractivity contribution in [1.29, 1.82) is 0 Å². The molecule has 0 aliphatic carbocycles. The van der Waals surface area contributed by atoms with Gasteiger partial charge in [0.1, 0.15) is 11.2 Å². The van der Waals surface area contributed by atoms with E-state index in [2.05, 4.69) is 90.3 Å². The van der Waals surface area contributed by atoms with E-state index in [4.69, 9.17) is 33.7 Å². The van der Waals surface area contributed by atoms with Gasteiger partial charge in [-0.05, 0) is 123 Å². The van der Waals surface area contributed by atoms with Gasteiger partial charge in [0, 0.05) is 67.5 Å². The van der Waals surface area contributed by atoms with Gasteiger partial charge in [-0.2, -0.15) is 4.98 Å². The van der Waals surface area contributed by atoms with Crippen LogP contribution in [0.3, 0.4) is 0 Å². The zero-order valence-electron chi connectivity index (χ0n) is 44.7. The Balaban J connectivity index is 0.000000204. The molecule has 4 atom stereocenters. The van der Waals surface area contributed by atoms with Crippen molar-refractivity contribution in [1.82, 2.24) is 24.8 Å². The predicted octanol–water partition coefficient (Wildman–Crippen LogP) is 12.7. The second-order valence-electron chi connectivity index (χ2n) is 19.4. The number of nitrogens with zero attached hydrogens (tertiary/aromatic N) is 5. The number of benzene rings is 6. The molecule has 15 heteroatoms. The lowest BCUT2D eigenvalue weighted by Crippen LogP contribution is -2.38. The summed E-state index contributed by atoms with van der Waals surface area (Å²) < 4.78 is 45.9. The van der Waals surface area contributed by atoms with Crippen LogP contribution in [0.2, 0.25) is 0 Å². The fraction of sp³-hybridized carbons (Fsp3) is 0.274. The first kappa shape index (κ1) is 56.5. The summed E-state index contributed by atoms with van der Waals surface area (Å²) in [6, 6.07) is 48.5. The molecule has 3 heterocycles. The average Bonchev–Trinajstić information content (AvgIpc) is 3.47. The SMILES string of the molecule is COc1cc([C@](O)(CCN(C)C)[C@@H](c2cc3cc(Br)ccc3nc2OC)c2cccc(OC)c2F)cc(OC)n1.COc1nc2ccc(Br)cc2cc1[C@@H](c1ccccc1)[C@@](O)(CCN(C)C)c1cccc2ccccc12. The number of rotatable bonds is 19. The molecule has 6 aromatic carbocycles. The molecule has 3 aromatic heterocycles. The number of aliphatic hydroxyl groups is 2. The van der Waals surface area contributed by atoms with Gasteiger partial charge in [-0.25, -0.2) is 14.4 Å². The van der Waals surface area contributed by atoms with Gasteiger partial charge in [0.25, 0.3) is 0 Å². The molecule has 9 aromatic rings. The molecular weight excluding hydrogens is 1110 g/mol. The van der Waals surface area contributed by atoms with E-state index in [-0.39, 0.29) is 35.4 Å². The summed E-state index contributed by atoms with van der Waals surface area (Å²) >= 11 is 7.13. The minimum atomic E-state index is -1.71. The monoisotopic (exact) mass is 1170 g/mol. The molecule has 0 amide bonds. The first-order valence-corrected chi connectivity index (χ1v) is 26.6. The number of methoxy groups -OCH3 is 5. The van der Waals surface area contributed by atoms with Crippen LogP contribution < -0.4 is 23.7 Å². The highest BCUT2D eigenvalue weighted by molar-refractivity contribution is 9.10. The summed E-state index contributed by atoms with van der Waals surface area (Å²) in [5.74, 6) is -0.688. The van der Waals surface area contributed by atoms with Crippen LogP contribution in [0.15, 0.2) is 161 Å². The van der Waals surface area contributed by atoms with Gasteiger partial charge in [-0.1, -0.05) is 117 Å². The fourth-order valence-corrected chi connectivity index (χ4v) is 11.0. The summed E-state index contributed by atoms with van der Waals surface area (Å²) in [4.78, 5) is 18.0. The van der Waals surface area contributed by atoms with E-state index in [1.54, 1.807) is 37.4 Å². The predicted molar refractivity (Wildman–Crippen MR) is 310 cm³/mol. The normalized spacial score (nSPS) is 13.9. The van der Waals surface area contributed by atoms with Crippen LogP contribution in [-0.2, 0) is 11.2 Å². The lowest BCUT2D eigenvalue weighted by molar-refractivity contribution is 0.00230. The maximum Gasteiger partial charge on any atom is 0.217 e. The quantitative estimate of drug-likeness (QED) is 0.0799. The van der Waals surface area contributed by atoms with Crippen molar-refractivity contribution < 1.29 is 38.3 Å². The third kappa shape index (κ3) is 12.2. The Morgan fingerprint density at radius 1 is 0.506 bits per heavy atom. The molecule has 0 bridgehead atoms. The van der Waals surface area contributed by atoms with Crippen molar-refractivity contribution in [2.24, 2.45) is 0 Å². The lowest BCUT2D eigenvalue weighted by Gasteiger charge is -2.39. The largest absolute Gasteiger partial charge is 0.494 e. The lowest BCUT2D eigenvalue weighted by atomic mass is 9.70. The van der Waals surface area contributed by atoms with Crippen molar-refractivity contribution in [2.45, 2.75) is 35.9 Å². The first-order valence-electron chi connectivity index (χ1n) is 25.0. The van der Waals surface area contributed by atoms with E-state index >= 15 is 4.39 Å². The highest BCUT2D eigenvalue weighted by Gasteiger charge is 2.46. The molecule has 0 aliphatic rings. The Kier molecular flexibility index (Phi) is 18.1. The highest BCUT2D eigenvalue weighted by Crippen LogP contribution is 2.51. The number of hydrogen-bond donors (Lipinski definition) is 2. The van der Waals surface area contributed by atoms with Crippen molar-refractivity contribution >= 4 is 64.4 Å². The zero-order chi connectivity index (χ0) is 55.0. The van der Waals surface area contributed by atoms with Crippen LogP contribution in [0.1, 0.15) is 58.1 Å². The summed E-state index contributed by atoms with van der Waals surface area (Å²) in [7, 11) is 15.4. The summed E-state index contributed by atoms with van der Waals surface area (Å²) in [5, 5.41) is 29.8. The Morgan fingerprint density at radius 2 is 1.03 bits per heavy atom. The Labute approximate surface area is 466 Å². The van der Waals surface area contributed by atoms with Crippen LogP contribution in [0.25, 0.3) is 32.6 Å².